The van der Waals surface area contributed by atoms with Gasteiger partial charge < -0.3 is 10.5 Å². The molecule has 0 amide bonds. The first-order valence-electron chi connectivity index (χ1n) is 3.23. The summed E-state index contributed by atoms with van der Waals surface area (Å²) in [7, 11) is 0. The van der Waals surface area contributed by atoms with Crippen LogP contribution in [0.15, 0.2) is 12.3 Å². The van der Waals surface area contributed by atoms with Crippen molar-refractivity contribution in [2.45, 2.75) is 12.8 Å². The number of rotatable bonds is 0. The minimum absolute atomic E-state index is 0.0984. The summed E-state index contributed by atoms with van der Waals surface area (Å²) in [6.07, 6.45) is 1.64. The normalized spacial score (nSPS) is 24.3. The highest BCUT2D eigenvalue weighted by Gasteiger charge is 2.15. The Hall–Kier alpha value is -0.870. The quantitative estimate of drug-likeness (QED) is 0.544. The summed E-state index contributed by atoms with van der Waals surface area (Å²) in [5.74, 6) is 0. The highest BCUT2D eigenvalue weighted by Crippen LogP contribution is 2.12. The Labute approximate surface area is 58.6 Å². The molecular weight excluding hydrogens is 130 g/mol. The molecule has 4 nitrogen and oxygen atoms in total. The van der Waals surface area contributed by atoms with Crippen LogP contribution in [0.1, 0.15) is 11.9 Å². The summed E-state index contributed by atoms with van der Waals surface area (Å²) in [6, 6.07) is 1.92. The standard InChI is InChI=1S/C6H9N3O/c7-6-4-10-3-5-1-2-8-9(5)6/h1-2,6H,3-4,7H2. The maximum Gasteiger partial charge on any atom is 0.123 e. The third-order valence-corrected chi connectivity index (χ3v) is 1.60. The highest BCUT2D eigenvalue weighted by molar-refractivity contribution is 5.01. The minimum atomic E-state index is -0.0984. The average Bonchev–Trinajstić information content (AvgIpc) is 2.36. The fourth-order valence-electron chi connectivity index (χ4n) is 1.11. The van der Waals surface area contributed by atoms with Crippen molar-refractivity contribution in [3.05, 3.63) is 18.0 Å². The van der Waals surface area contributed by atoms with Crippen molar-refractivity contribution in [1.29, 1.82) is 0 Å². The van der Waals surface area contributed by atoms with Crippen LogP contribution in [-0.2, 0) is 11.3 Å². The van der Waals surface area contributed by atoms with Gasteiger partial charge >= 0.3 is 0 Å². The lowest BCUT2D eigenvalue weighted by Crippen LogP contribution is -2.30. The van der Waals surface area contributed by atoms with Crippen LogP contribution >= 0.6 is 0 Å². The van der Waals surface area contributed by atoms with Crippen LogP contribution in [0.3, 0.4) is 0 Å². The van der Waals surface area contributed by atoms with Crippen LogP contribution in [0.2, 0.25) is 0 Å². The number of fused-ring (bicyclic) bond motifs is 1. The van der Waals surface area contributed by atoms with Crippen molar-refractivity contribution >= 4 is 0 Å². The Morgan fingerprint density at radius 3 is 3.50 bits per heavy atom. The predicted molar refractivity (Wildman–Crippen MR) is 35.1 cm³/mol. The van der Waals surface area contributed by atoms with Crippen LogP contribution in [0, 0.1) is 0 Å². The fourth-order valence-corrected chi connectivity index (χ4v) is 1.11. The topological polar surface area (TPSA) is 53.1 Å². The number of nitrogens with two attached hydrogens (primary N) is 1. The molecule has 4 heteroatoms. The monoisotopic (exact) mass is 139 g/mol. The lowest BCUT2D eigenvalue weighted by Gasteiger charge is -2.20. The van der Waals surface area contributed by atoms with Crippen molar-refractivity contribution in [3.63, 3.8) is 0 Å². The van der Waals surface area contributed by atoms with Crippen LogP contribution < -0.4 is 5.73 Å². The molecule has 0 radical (unpaired) electrons. The molecule has 2 heterocycles. The van der Waals surface area contributed by atoms with E-state index in [0.29, 0.717) is 13.2 Å². The molecule has 10 heavy (non-hydrogen) atoms. The molecule has 0 aromatic carbocycles. The van der Waals surface area contributed by atoms with Gasteiger partial charge in [-0.15, -0.1) is 0 Å². The van der Waals surface area contributed by atoms with Gasteiger partial charge in [-0.3, -0.25) is 0 Å². The predicted octanol–water partition coefficient (Wildman–Crippen LogP) is -0.129. The third-order valence-electron chi connectivity index (χ3n) is 1.60. The van der Waals surface area contributed by atoms with Crippen molar-refractivity contribution in [1.82, 2.24) is 9.78 Å². The van der Waals surface area contributed by atoms with Crippen molar-refractivity contribution in [2.75, 3.05) is 6.61 Å². The molecule has 2 rings (SSSR count). The smallest absolute Gasteiger partial charge is 0.123 e. The van der Waals surface area contributed by atoms with Gasteiger partial charge in [-0.05, 0) is 6.07 Å². The van der Waals surface area contributed by atoms with Gasteiger partial charge in [0.05, 0.1) is 18.9 Å². The Balaban J connectivity index is 2.41. The van der Waals surface area contributed by atoms with Crippen LogP contribution in [0.5, 0.6) is 0 Å². The average molecular weight is 139 g/mol. The van der Waals surface area contributed by atoms with E-state index >= 15 is 0 Å². The van der Waals surface area contributed by atoms with Crippen LogP contribution in [-0.4, -0.2) is 16.4 Å². The molecule has 0 spiro atoms. The maximum atomic E-state index is 5.67. The molecule has 1 atom stereocenters. The van der Waals surface area contributed by atoms with E-state index in [9.17, 15) is 0 Å². The second-order valence-electron chi connectivity index (χ2n) is 2.35. The molecule has 1 aromatic heterocycles. The van der Waals surface area contributed by atoms with E-state index in [4.69, 9.17) is 10.5 Å². The Morgan fingerprint density at radius 1 is 1.80 bits per heavy atom. The van der Waals surface area contributed by atoms with Crippen LogP contribution in [0.4, 0.5) is 0 Å². The first-order valence-corrected chi connectivity index (χ1v) is 3.23. The molecule has 0 saturated heterocycles. The van der Waals surface area contributed by atoms with E-state index in [1.54, 1.807) is 10.9 Å². The molecule has 0 aliphatic carbocycles. The van der Waals surface area contributed by atoms with Gasteiger partial charge in [0.25, 0.3) is 0 Å². The van der Waals surface area contributed by atoms with E-state index in [1.165, 1.54) is 0 Å². The lowest BCUT2D eigenvalue weighted by atomic mass is 10.4. The largest absolute Gasteiger partial charge is 0.372 e. The summed E-state index contributed by atoms with van der Waals surface area (Å²) in [5.41, 5.74) is 6.72. The molecule has 2 N–H and O–H groups in total. The summed E-state index contributed by atoms with van der Waals surface area (Å²) < 4.78 is 6.98. The minimum Gasteiger partial charge on any atom is -0.372 e. The number of hydrogen-bond donors (Lipinski definition) is 1. The van der Waals surface area contributed by atoms with Gasteiger partial charge in [0.2, 0.25) is 0 Å². The van der Waals surface area contributed by atoms with E-state index in [0.717, 1.165) is 5.69 Å². The third kappa shape index (κ3) is 0.732. The molecular formula is C6H9N3O. The maximum absolute atomic E-state index is 5.67. The molecule has 1 unspecified atom stereocenters. The zero-order chi connectivity index (χ0) is 6.97. The number of aromatic nitrogens is 2. The zero-order valence-electron chi connectivity index (χ0n) is 5.53. The zero-order valence-corrected chi connectivity index (χ0v) is 5.53. The molecule has 1 aliphatic heterocycles. The van der Waals surface area contributed by atoms with Gasteiger partial charge in [0, 0.05) is 6.20 Å². The van der Waals surface area contributed by atoms with Gasteiger partial charge in [-0.25, -0.2) is 4.68 Å². The molecule has 54 valence electrons. The number of nitrogens with zero attached hydrogens (tertiary/aromatic N) is 2. The second kappa shape index (κ2) is 2.07. The van der Waals surface area contributed by atoms with Gasteiger partial charge in [-0.1, -0.05) is 0 Å². The van der Waals surface area contributed by atoms with E-state index in [-0.39, 0.29) is 6.17 Å². The van der Waals surface area contributed by atoms with Gasteiger partial charge in [-0.2, -0.15) is 5.10 Å². The summed E-state index contributed by atoms with van der Waals surface area (Å²) in [6.45, 7) is 1.20. The Bertz CT molecular complexity index is 233. The highest BCUT2D eigenvalue weighted by atomic mass is 16.5. The fraction of sp³-hybridized carbons (Fsp3) is 0.500. The van der Waals surface area contributed by atoms with Crippen molar-refractivity contribution < 1.29 is 4.74 Å². The van der Waals surface area contributed by atoms with E-state index in [2.05, 4.69) is 5.10 Å². The molecule has 1 aromatic rings. The SMILES string of the molecule is NC1COCc2ccnn21. The summed E-state index contributed by atoms with van der Waals surface area (Å²) in [4.78, 5) is 0. The lowest BCUT2D eigenvalue weighted by molar-refractivity contribution is 0.0537. The summed E-state index contributed by atoms with van der Waals surface area (Å²) in [5, 5.41) is 4.05. The van der Waals surface area contributed by atoms with E-state index < -0.39 is 0 Å². The molecule has 0 bridgehead atoms. The van der Waals surface area contributed by atoms with Gasteiger partial charge in [0.1, 0.15) is 6.17 Å². The second-order valence-corrected chi connectivity index (χ2v) is 2.35. The Morgan fingerprint density at radius 2 is 2.70 bits per heavy atom. The molecule has 0 saturated carbocycles. The van der Waals surface area contributed by atoms with Crippen molar-refractivity contribution in [3.8, 4) is 0 Å². The summed E-state index contributed by atoms with van der Waals surface area (Å²) >= 11 is 0. The number of hydrogen-bond acceptors (Lipinski definition) is 3. The van der Waals surface area contributed by atoms with Crippen molar-refractivity contribution in [2.24, 2.45) is 5.73 Å². The Kier molecular flexibility index (Phi) is 1.22. The van der Waals surface area contributed by atoms with Crippen LogP contribution in [0.25, 0.3) is 0 Å². The molecule has 0 fully saturated rings. The first-order chi connectivity index (χ1) is 4.88. The number of ether oxygens (including phenoxy) is 1. The molecule has 1 aliphatic rings. The van der Waals surface area contributed by atoms with E-state index in [1.807, 2.05) is 6.07 Å². The van der Waals surface area contributed by atoms with Gasteiger partial charge in [0.15, 0.2) is 0 Å². The first kappa shape index (κ1) is 5.88.